The predicted octanol–water partition coefficient (Wildman–Crippen LogP) is 7.76. The smallest absolute Gasteiger partial charge is 0.309 e. The third-order valence-corrected chi connectivity index (χ3v) is 11.6. The summed E-state index contributed by atoms with van der Waals surface area (Å²) in [7, 11) is 0. The van der Waals surface area contributed by atoms with Gasteiger partial charge in [-0.3, -0.25) is 9.59 Å². The van der Waals surface area contributed by atoms with Gasteiger partial charge in [-0.05, 0) is 121 Å². The zero-order valence-corrected chi connectivity index (χ0v) is 25.7. The molecule has 0 spiro atoms. The SMILES string of the molecule is CC1CCC(C(OC2CCN(CCCC(=O)C3CCC(C(C)(C)C(=O)O)CC3)CC2)C2CCC(C)CC2)CC1. The van der Waals surface area contributed by atoms with Crippen LogP contribution in [0.25, 0.3) is 0 Å². The number of piperidine rings is 1. The maximum absolute atomic E-state index is 12.9. The highest BCUT2D eigenvalue weighted by atomic mass is 16.5. The number of carboxylic acids is 1. The van der Waals surface area contributed by atoms with E-state index in [9.17, 15) is 14.7 Å². The topological polar surface area (TPSA) is 66.8 Å². The standard InChI is InChI=1S/C34H59NO4/c1-24-7-11-27(12-8-24)32(28-13-9-25(2)10-14-28)39-30-19-22-35(23-20-30)21-5-6-31(36)26-15-17-29(18-16-26)34(3,4)33(37)38/h24-30,32H,5-23H2,1-4H3,(H,37,38). The maximum atomic E-state index is 12.9. The van der Waals surface area contributed by atoms with E-state index in [1.807, 2.05) is 13.8 Å². The zero-order chi connectivity index (χ0) is 28.0. The number of hydrogen-bond acceptors (Lipinski definition) is 4. The van der Waals surface area contributed by atoms with E-state index >= 15 is 0 Å². The Hall–Kier alpha value is -0.940. The Balaban J connectivity index is 1.16. The fourth-order valence-electron chi connectivity index (χ4n) is 8.32. The minimum absolute atomic E-state index is 0.146. The molecule has 4 rings (SSSR count). The molecule has 0 aromatic carbocycles. The summed E-state index contributed by atoms with van der Waals surface area (Å²) < 4.78 is 7.04. The molecule has 0 bridgehead atoms. The number of nitrogens with zero attached hydrogens (tertiary/aromatic N) is 1. The van der Waals surface area contributed by atoms with E-state index in [4.69, 9.17) is 4.74 Å². The van der Waals surface area contributed by atoms with Crippen LogP contribution in [-0.2, 0) is 14.3 Å². The van der Waals surface area contributed by atoms with Gasteiger partial charge in [0.2, 0.25) is 0 Å². The molecule has 1 N–H and O–H groups in total. The number of rotatable bonds is 11. The lowest BCUT2D eigenvalue weighted by molar-refractivity contribution is -0.151. The Morgan fingerprint density at radius 3 is 1.79 bits per heavy atom. The molecule has 1 saturated heterocycles. The number of aliphatic carboxylic acids is 1. The highest BCUT2D eigenvalue weighted by Crippen LogP contribution is 2.42. The summed E-state index contributed by atoms with van der Waals surface area (Å²) in [6, 6.07) is 0. The van der Waals surface area contributed by atoms with Gasteiger partial charge in [-0.25, -0.2) is 0 Å². The number of carbonyl (C=O) groups is 2. The van der Waals surface area contributed by atoms with Gasteiger partial charge in [0, 0.05) is 25.4 Å². The first-order valence-electron chi connectivity index (χ1n) is 16.8. The summed E-state index contributed by atoms with van der Waals surface area (Å²) in [5.74, 6) is 3.35. The third-order valence-electron chi connectivity index (χ3n) is 11.6. The van der Waals surface area contributed by atoms with Gasteiger partial charge in [-0.2, -0.15) is 0 Å². The molecule has 1 heterocycles. The molecule has 0 radical (unpaired) electrons. The summed E-state index contributed by atoms with van der Waals surface area (Å²) >= 11 is 0. The van der Waals surface area contributed by atoms with Crippen LogP contribution in [0.4, 0.5) is 0 Å². The first kappa shape index (κ1) is 31.0. The molecule has 224 valence electrons. The quantitative estimate of drug-likeness (QED) is 0.287. The normalized spacial score (nSPS) is 34.5. The zero-order valence-electron chi connectivity index (χ0n) is 25.7. The van der Waals surface area contributed by atoms with Crippen molar-refractivity contribution in [2.45, 2.75) is 143 Å². The summed E-state index contributed by atoms with van der Waals surface area (Å²) in [5, 5.41) is 9.52. The molecule has 0 aromatic rings. The van der Waals surface area contributed by atoms with Crippen LogP contribution in [0.15, 0.2) is 0 Å². The van der Waals surface area contributed by atoms with Crippen molar-refractivity contribution < 1.29 is 19.4 Å². The fourth-order valence-corrected chi connectivity index (χ4v) is 8.32. The lowest BCUT2D eigenvalue weighted by Crippen LogP contribution is -2.43. The third kappa shape index (κ3) is 8.53. The van der Waals surface area contributed by atoms with E-state index in [-0.39, 0.29) is 11.8 Å². The van der Waals surface area contributed by atoms with E-state index in [2.05, 4.69) is 18.7 Å². The van der Waals surface area contributed by atoms with Gasteiger partial charge in [0.1, 0.15) is 5.78 Å². The molecule has 3 aliphatic carbocycles. The number of carboxylic acid groups (broad SMARTS) is 1. The van der Waals surface area contributed by atoms with E-state index < -0.39 is 11.4 Å². The van der Waals surface area contributed by atoms with Gasteiger partial charge in [-0.15, -0.1) is 0 Å². The maximum Gasteiger partial charge on any atom is 0.309 e. The van der Waals surface area contributed by atoms with Crippen molar-refractivity contribution in [3.63, 3.8) is 0 Å². The van der Waals surface area contributed by atoms with Crippen molar-refractivity contribution in [2.75, 3.05) is 19.6 Å². The van der Waals surface area contributed by atoms with Crippen LogP contribution in [0.3, 0.4) is 0 Å². The molecule has 4 fully saturated rings. The number of hydrogen-bond donors (Lipinski definition) is 1. The van der Waals surface area contributed by atoms with Gasteiger partial charge >= 0.3 is 5.97 Å². The summed E-state index contributed by atoms with van der Waals surface area (Å²) in [6.45, 7) is 11.7. The van der Waals surface area contributed by atoms with Gasteiger partial charge in [0.15, 0.2) is 0 Å². The van der Waals surface area contributed by atoms with Crippen molar-refractivity contribution in [2.24, 2.45) is 40.9 Å². The second kappa shape index (κ2) is 14.3. The van der Waals surface area contributed by atoms with Gasteiger partial charge in [0.25, 0.3) is 0 Å². The largest absolute Gasteiger partial charge is 0.481 e. The first-order chi connectivity index (χ1) is 18.6. The molecular formula is C34H59NO4. The van der Waals surface area contributed by atoms with Crippen molar-refractivity contribution >= 4 is 11.8 Å². The van der Waals surface area contributed by atoms with E-state index in [0.717, 1.165) is 88.3 Å². The monoisotopic (exact) mass is 545 g/mol. The second-order valence-corrected chi connectivity index (χ2v) is 14.8. The molecule has 1 aliphatic heterocycles. The van der Waals surface area contributed by atoms with Crippen LogP contribution in [0, 0.1) is 40.9 Å². The van der Waals surface area contributed by atoms with Crippen LogP contribution < -0.4 is 0 Å². The van der Waals surface area contributed by atoms with Crippen LogP contribution in [0.2, 0.25) is 0 Å². The van der Waals surface area contributed by atoms with Crippen LogP contribution in [-0.4, -0.2) is 53.6 Å². The van der Waals surface area contributed by atoms with Crippen molar-refractivity contribution in [3.8, 4) is 0 Å². The van der Waals surface area contributed by atoms with Crippen molar-refractivity contribution in [3.05, 3.63) is 0 Å². The number of carbonyl (C=O) groups excluding carboxylic acids is 1. The molecule has 3 saturated carbocycles. The number of ketones is 1. The summed E-state index contributed by atoms with van der Waals surface area (Å²) in [4.78, 5) is 27.0. The Morgan fingerprint density at radius 2 is 1.31 bits per heavy atom. The molecule has 0 aromatic heterocycles. The Bertz CT molecular complexity index is 742. The molecular weight excluding hydrogens is 486 g/mol. The lowest BCUT2D eigenvalue weighted by atomic mass is 9.68. The van der Waals surface area contributed by atoms with Crippen LogP contribution in [0.5, 0.6) is 0 Å². The number of Topliss-reactive ketones (excluding diaryl/α,β-unsaturated/α-hetero) is 1. The first-order valence-corrected chi connectivity index (χ1v) is 16.8. The average Bonchev–Trinajstić information content (AvgIpc) is 2.93. The molecule has 0 atom stereocenters. The van der Waals surface area contributed by atoms with E-state index in [1.54, 1.807) is 0 Å². The predicted molar refractivity (Wildman–Crippen MR) is 158 cm³/mol. The number of likely N-dealkylation sites (tertiary alicyclic amines) is 1. The minimum atomic E-state index is -0.714. The van der Waals surface area contributed by atoms with Gasteiger partial charge in [0.05, 0.1) is 17.6 Å². The second-order valence-electron chi connectivity index (χ2n) is 14.8. The van der Waals surface area contributed by atoms with Crippen molar-refractivity contribution in [1.29, 1.82) is 0 Å². The summed E-state index contributed by atoms with van der Waals surface area (Å²) in [6.07, 6.45) is 19.2. The van der Waals surface area contributed by atoms with Crippen LogP contribution >= 0.6 is 0 Å². The van der Waals surface area contributed by atoms with Gasteiger partial charge in [-0.1, -0.05) is 39.5 Å². The Kier molecular flexibility index (Phi) is 11.4. The molecule has 0 amide bonds. The van der Waals surface area contributed by atoms with E-state index in [0.29, 0.717) is 24.4 Å². The highest BCUT2D eigenvalue weighted by molar-refractivity contribution is 5.81. The summed E-state index contributed by atoms with van der Waals surface area (Å²) in [5.41, 5.74) is -0.687. The van der Waals surface area contributed by atoms with Crippen LogP contribution in [0.1, 0.15) is 130 Å². The number of ether oxygens (including phenoxy) is 1. The fraction of sp³-hybridized carbons (Fsp3) is 0.941. The highest BCUT2D eigenvalue weighted by Gasteiger charge is 2.40. The Morgan fingerprint density at radius 1 is 0.795 bits per heavy atom. The molecule has 5 heteroatoms. The Labute approximate surface area is 239 Å². The van der Waals surface area contributed by atoms with E-state index in [1.165, 1.54) is 51.4 Å². The lowest BCUT2D eigenvalue weighted by Gasteiger charge is -2.43. The minimum Gasteiger partial charge on any atom is -0.481 e. The van der Waals surface area contributed by atoms with Gasteiger partial charge < -0.3 is 14.7 Å². The molecule has 39 heavy (non-hydrogen) atoms. The average molecular weight is 546 g/mol. The molecule has 5 nitrogen and oxygen atoms in total. The molecule has 0 unspecified atom stereocenters. The van der Waals surface area contributed by atoms with Crippen molar-refractivity contribution in [1.82, 2.24) is 4.90 Å². The molecule has 4 aliphatic rings.